The number of halogens is 1. The molecule has 0 bridgehead atoms. The van der Waals surface area contributed by atoms with Gasteiger partial charge < -0.3 is 10.7 Å². The van der Waals surface area contributed by atoms with E-state index in [1.54, 1.807) is 38.2 Å². The van der Waals surface area contributed by atoms with E-state index in [4.69, 9.17) is 5.41 Å². The van der Waals surface area contributed by atoms with Crippen molar-refractivity contribution in [1.82, 2.24) is 9.97 Å². The molecule has 0 aliphatic carbocycles. The summed E-state index contributed by atoms with van der Waals surface area (Å²) in [6.45, 7) is 1.61. The van der Waals surface area contributed by atoms with Gasteiger partial charge in [-0.1, -0.05) is 12.1 Å². The van der Waals surface area contributed by atoms with Gasteiger partial charge in [-0.25, -0.2) is 22.8 Å². The third-order valence-electron chi connectivity index (χ3n) is 4.15. The fourth-order valence-electron chi connectivity index (χ4n) is 2.78. The van der Waals surface area contributed by atoms with Crippen molar-refractivity contribution in [2.45, 2.75) is 11.8 Å². The molecule has 3 rings (SSSR count). The minimum absolute atomic E-state index is 0.169. The first-order valence-corrected chi connectivity index (χ1v) is 10.3. The number of anilines is 1. The third-order valence-corrected chi connectivity index (χ3v) is 5.26. The normalized spacial score (nSPS) is 11.3. The average Bonchev–Trinajstić information content (AvgIpc) is 2.67. The van der Waals surface area contributed by atoms with Crippen LogP contribution in [0.1, 0.15) is 12.6 Å². The number of nitrogens with zero attached hydrogens (tertiary/aromatic N) is 2. The summed E-state index contributed by atoms with van der Waals surface area (Å²) in [7, 11) is -1.71. The molecule has 0 fully saturated rings. The Balaban J connectivity index is 2.30. The van der Waals surface area contributed by atoms with E-state index in [9.17, 15) is 12.8 Å². The van der Waals surface area contributed by atoms with Crippen LogP contribution in [-0.4, -0.2) is 37.4 Å². The zero-order valence-electron chi connectivity index (χ0n) is 15.6. The highest BCUT2D eigenvalue weighted by Crippen LogP contribution is 2.32. The fraction of sp³-hybridized carbons (Fsp3) is 0.150. The first kappa shape index (κ1) is 19.6. The van der Waals surface area contributed by atoms with Crippen LogP contribution < -0.4 is 5.32 Å². The van der Waals surface area contributed by atoms with Crippen molar-refractivity contribution in [3.05, 3.63) is 60.0 Å². The lowest BCUT2D eigenvalue weighted by molar-refractivity contribution is 0.602. The van der Waals surface area contributed by atoms with Gasteiger partial charge in [0, 0.05) is 24.4 Å². The summed E-state index contributed by atoms with van der Waals surface area (Å²) in [5, 5.41) is 11.1. The van der Waals surface area contributed by atoms with Crippen molar-refractivity contribution < 1.29 is 12.8 Å². The molecule has 2 aromatic carbocycles. The first-order chi connectivity index (χ1) is 13.2. The molecule has 0 amide bonds. The average molecular weight is 398 g/mol. The largest absolute Gasteiger partial charge is 0.385 e. The van der Waals surface area contributed by atoms with E-state index in [1.165, 1.54) is 24.3 Å². The quantitative estimate of drug-likeness (QED) is 0.638. The van der Waals surface area contributed by atoms with Crippen LogP contribution in [0.15, 0.2) is 53.4 Å². The molecule has 3 aromatic rings. The Morgan fingerprint density at radius 1 is 1.07 bits per heavy atom. The molecule has 0 aliphatic heterocycles. The number of hydrogen-bond donors (Lipinski definition) is 2. The van der Waals surface area contributed by atoms with Gasteiger partial charge in [-0.3, -0.25) is 0 Å². The Kier molecular flexibility index (Phi) is 5.24. The van der Waals surface area contributed by atoms with Crippen LogP contribution in [0.5, 0.6) is 0 Å². The number of benzene rings is 2. The molecule has 0 saturated heterocycles. The summed E-state index contributed by atoms with van der Waals surface area (Å²) >= 11 is 0. The lowest BCUT2D eigenvalue weighted by atomic mass is 10.1. The Morgan fingerprint density at radius 2 is 1.75 bits per heavy atom. The van der Waals surface area contributed by atoms with Crippen LogP contribution in [0.25, 0.3) is 22.6 Å². The Hall–Kier alpha value is -3.13. The maximum absolute atomic E-state index is 13.3. The summed E-state index contributed by atoms with van der Waals surface area (Å²) in [6, 6.07) is 12.2. The highest BCUT2D eigenvalue weighted by atomic mass is 32.2. The second-order valence-corrected chi connectivity index (χ2v) is 8.32. The predicted molar refractivity (Wildman–Crippen MR) is 108 cm³/mol. The summed E-state index contributed by atoms with van der Waals surface area (Å²) in [4.78, 5) is 9.22. The van der Waals surface area contributed by atoms with Gasteiger partial charge in [0.2, 0.25) is 0 Å². The second kappa shape index (κ2) is 7.47. The minimum atomic E-state index is -3.39. The van der Waals surface area contributed by atoms with Crippen LogP contribution in [-0.2, 0) is 9.84 Å². The topological polar surface area (TPSA) is 95.8 Å². The first-order valence-electron chi connectivity index (χ1n) is 8.42. The molecular formula is C20H19FN4O2S. The highest BCUT2D eigenvalue weighted by Gasteiger charge is 2.19. The molecule has 2 N–H and O–H groups in total. The van der Waals surface area contributed by atoms with Crippen LogP contribution in [0.2, 0.25) is 0 Å². The molecule has 0 aliphatic rings. The molecule has 6 nitrogen and oxygen atoms in total. The third kappa shape index (κ3) is 3.91. The number of aromatic nitrogens is 2. The van der Waals surface area contributed by atoms with E-state index >= 15 is 0 Å². The van der Waals surface area contributed by atoms with E-state index in [-0.39, 0.29) is 16.4 Å². The maximum atomic E-state index is 13.3. The van der Waals surface area contributed by atoms with Crippen LogP contribution >= 0.6 is 0 Å². The number of sulfone groups is 1. The predicted octanol–water partition coefficient (Wildman–Crippen LogP) is 3.78. The SMILES string of the molecule is CNc1c(C(C)=N)nc(-c2ccc(F)cc2)nc1-c1cccc(S(C)(=O)=O)c1. The van der Waals surface area contributed by atoms with E-state index in [1.807, 2.05) is 0 Å². The maximum Gasteiger partial charge on any atom is 0.175 e. The van der Waals surface area contributed by atoms with Gasteiger partial charge in [0.15, 0.2) is 15.7 Å². The van der Waals surface area contributed by atoms with Crippen molar-refractivity contribution in [2.75, 3.05) is 18.6 Å². The molecule has 28 heavy (non-hydrogen) atoms. The van der Waals surface area contributed by atoms with Gasteiger partial charge in [0.1, 0.15) is 11.5 Å². The van der Waals surface area contributed by atoms with Crippen LogP contribution in [0.4, 0.5) is 10.1 Å². The van der Waals surface area contributed by atoms with Crippen molar-refractivity contribution in [1.29, 1.82) is 5.41 Å². The van der Waals surface area contributed by atoms with Crippen LogP contribution in [0, 0.1) is 11.2 Å². The zero-order chi connectivity index (χ0) is 20.5. The smallest absolute Gasteiger partial charge is 0.175 e. The fourth-order valence-corrected chi connectivity index (χ4v) is 3.45. The lowest BCUT2D eigenvalue weighted by Crippen LogP contribution is -2.09. The number of hydrogen-bond acceptors (Lipinski definition) is 6. The van der Waals surface area contributed by atoms with Crippen molar-refractivity contribution in [2.24, 2.45) is 0 Å². The van der Waals surface area contributed by atoms with Gasteiger partial charge in [-0.05, 0) is 43.3 Å². The van der Waals surface area contributed by atoms with Crippen molar-refractivity contribution >= 4 is 21.2 Å². The summed E-state index contributed by atoms with van der Waals surface area (Å²) < 4.78 is 37.2. The van der Waals surface area contributed by atoms with E-state index in [0.717, 1.165) is 6.26 Å². The standard InChI is InChI=1S/C20H19FN4O2S/c1-12(22)17-19(23-2)18(14-5-4-6-16(11-14)28(3,26)27)25-20(24-17)13-7-9-15(21)10-8-13/h4-11,22-23H,1-3H3. The molecule has 1 heterocycles. The van der Waals surface area contributed by atoms with E-state index in [0.29, 0.717) is 34.0 Å². The molecule has 0 radical (unpaired) electrons. The Bertz CT molecular complexity index is 1160. The molecule has 0 atom stereocenters. The van der Waals surface area contributed by atoms with E-state index in [2.05, 4.69) is 15.3 Å². The van der Waals surface area contributed by atoms with Crippen molar-refractivity contribution in [3.8, 4) is 22.6 Å². The van der Waals surface area contributed by atoms with Gasteiger partial charge in [-0.15, -0.1) is 0 Å². The number of rotatable bonds is 5. The summed E-state index contributed by atoms with van der Waals surface area (Å²) in [5.74, 6) is -0.0551. The monoisotopic (exact) mass is 398 g/mol. The molecular weight excluding hydrogens is 379 g/mol. The summed E-state index contributed by atoms with van der Waals surface area (Å²) in [6.07, 6.45) is 1.14. The lowest BCUT2D eigenvalue weighted by Gasteiger charge is -2.15. The van der Waals surface area contributed by atoms with E-state index < -0.39 is 9.84 Å². The Morgan fingerprint density at radius 3 is 2.32 bits per heavy atom. The summed E-state index contributed by atoms with van der Waals surface area (Å²) in [5.41, 5.74) is 2.74. The highest BCUT2D eigenvalue weighted by molar-refractivity contribution is 7.90. The number of nitrogens with one attached hydrogen (secondary N) is 2. The van der Waals surface area contributed by atoms with Gasteiger partial charge in [0.05, 0.1) is 22.0 Å². The van der Waals surface area contributed by atoms with Crippen molar-refractivity contribution in [3.63, 3.8) is 0 Å². The molecule has 0 spiro atoms. The van der Waals surface area contributed by atoms with Gasteiger partial charge >= 0.3 is 0 Å². The molecule has 1 aromatic heterocycles. The second-order valence-electron chi connectivity index (χ2n) is 6.30. The van der Waals surface area contributed by atoms with Gasteiger partial charge in [0.25, 0.3) is 0 Å². The van der Waals surface area contributed by atoms with Crippen LogP contribution in [0.3, 0.4) is 0 Å². The Labute approximate surface area is 162 Å². The molecule has 8 heteroatoms. The van der Waals surface area contributed by atoms with Gasteiger partial charge in [-0.2, -0.15) is 0 Å². The molecule has 0 saturated carbocycles. The molecule has 144 valence electrons. The molecule has 0 unspecified atom stereocenters. The minimum Gasteiger partial charge on any atom is -0.385 e. The zero-order valence-corrected chi connectivity index (χ0v) is 16.4.